The molecular formula is C4H6N6S2. The molecule has 64 valence electrons. The van der Waals surface area contributed by atoms with E-state index in [1.807, 2.05) is 4.41 Å². The number of nitrogens with zero attached hydrogens (tertiary/aromatic N) is 5. The van der Waals surface area contributed by atoms with Crippen molar-refractivity contribution in [2.24, 2.45) is 4.99 Å². The number of rotatable bonds is 3. The molecule has 0 amide bonds. The van der Waals surface area contributed by atoms with Crippen LogP contribution in [0.15, 0.2) is 17.6 Å². The van der Waals surface area contributed by atoms with Gasteiger partial charge in [-0.1, -0.05) is 0 Å². The van der Waals surface area contributed by atoms with Crippen molar-refractivity contribution in [2.75, 3.05) is 6.67 Å². The van der Waals surface area contributed by atoms with E-state index >= 15 is 0 Å². The van der Waals surface area contributed by atoms with Crippen molar-refractivity contribution in [1.29, 1.82) is 0 Å². The van der Waals surface area contributed by atoms with Crippen LogP contribution in [0.3, 0.4) is 0 Å². The second-order valence-corrected chi connectivity index (χ2v) is 3.85. The van der Waals surface area contributed by atoms with Crippen LogP contribution >= 0.6 is 22.0 Å². The Morgan fingerprint density at radius 3 is 3.08 bits per heavy atom. The molecule has 0 saturated heterocycles. The van der Waals surface area contributed by atoms with Crippen LogP contribution < -0.4 is 5.43 Å². The number of hydrazine groups is 1. The number of nitrogens with one attached hydrogen (secondary N) is 1. The van der Waals surface area contributed by atoms with Gasteiger partial charge in [-0.3, -0.25) is 4.99 Å². The minimum Gasteiger partial charge on any atom is -0.256 e. The molecule has 0 aliphatic carbocycles. The van der Waals surface area contributed by atoms with Crippen LogP contribution in [0.4, 0.5) is 0 Å². The molecule has 0 aromatic carbocycles. The Balaban J connectivity index is 1.78. The van der Waals surface area contributed by atoms with Crippen LogP contribution in [-0.2, 0) is 0 Å². The molecule has 1 N–H and O–H groups in total. The number of hydrogen-bond donors (Lipinski definition) is 1. The SMILES string of the molecule is C1=NCNN1SSn1cncn1. The molecule has 0 fully saturated rings. The molecule has 0 unspecified atom stereocenters. The van der Waals surface area contributed by atoms with Crippen molar-refractivity contribution in [2.45, 2.75) is 0 Å². The Bertz CT molecular complexity index is 259. The van der Waals surface area contributed by atoms with Crippen LogP contribution in [0.1, 0.15) is 0 Å². The zero-order valence-electron chi connectivity index (χ0n) is 5.99. The van der Waals surface area contributed by atoms with Gasteiger partial charge in [-0.05, 0) is 0 Å². The Morgan fingerprint density at radius 1 is 1.42 bits per heavy atom. The van der Waals surface area contributed by atoms with E-state index in [0.29, 0.717) is 6.67 Å². The maximum Gasteiger partial charge on any atom is 0.138 e. The van der Waals surface area contributed by atoms with E-state index in [9.17, 15) is 0 Å². The summed E-state index contributed by atoms with van der Waals surface area (Å²) in [4.78, 5) is 7.79. The molecule has 6 nitrogen and oxygen atoms in total. The molecule has 0 atom stereocenters. The van der Waals surface area contributed by atoms with Gasteiger partial charge in [-0.2, -0.15) is 4.09 Å². The predicted molar refractivity (Wildman–Crippen MR) is 48.9 cm³/mol. The van der Waals surface area contributed by atoms with E-state index in [2.05, 4.69) is 20.5 Å². The topological polar surface area (TPSA) is 58.3 Å². The van der Waals surface area contributed by atoms with Crippen LogP contribution in [-0.4, -0.2) is 31.6 Å². The van der Waals surface area contributed by atoms with Gasteiger partial charge in [0.2, 0.25) is 0 Å². The highest BCUT2D eigenvalue weighted by molar-refractivity contribution is 8.75. The van der Waals surface area contributed by atoms with Gasteiger partial charge < -0.3 is 0 Å². The van der Waals surface area contributed by atoms with E-state index in [1.165, 1.54) is 28.3 Å². The third-order valence-corrected chi connectivity index (χ3v) is 3.02. The van der Waals surface area contributed by atoms with Gasteiger partial charge >= 0.3 is 0 Å². The highest BCUT2D eigenvalue weighted by Crippen LogP contribution is 2.24. The molecule has 0 bridgehead atoms. The van der Waals surface area contributed by atoms with E-state index in [4.69, 9.17) is 0 Å². The summed E-state index contributed by atoms with van der Waals surface area (Å²) in [7, 11) is 2.95. The van der Waals surface area contributed by atoms with Crippen molar-refractivity contribution in [3.8, 4) is 0 Å². The van der Waals surface area contributed by atoms with Gasteiger partial charge in [-0.15, -0.1) is 5.10 Å². The number of aliphatic imine (C=N–C) groups is 1. The minimum absolute atomic E-state index is 0.644. The Kier molecular flexibility index (Phi) is 2.49. The lowest BCUT2D eigenvalue weighted by molar-refractivity contribution is 0.558. The van der Waals surface area contributed by atoms with Gasteiger partial charge in [0.15, 0.2) is 0 Å². The quantitative estimate of drug-likeness (QED) is 0.556. The van der Waals surface area contributed by atoms with Crippen molar-refractivity contribution in [1.82, 2.24) is 24.0 Å². The first kappa shape index (κ1) is 7.90. The fourth-order valence-electron chi connectivity index (χ4n) is 0.618. The van der Waals surface area contributed by atoms with E-state index < -0.39 is 0 Å². The smallest absolute Gasteiger partial charge is 0.138 e. The van der Waals surface area contributed by atoms with E-state index in [-0.39, 0.29) is 0 Å². The molecule has 1 aromatic heterocycles. The van der Waals surface area contributed by atoms with E-state index in [1.54, 1.807) is 16.8 Å². The zero-order chi connectivity index (χ0) is 8.23. The van der Waals surface area contributed by atoms with Gasteiger partial charge in [0.25, 0.3) is 0 Å². The van der Waals surface area contributed by atoms with Crippen molar-refractivity contribution >= 4 is 28.3 Å². The zero-order valence-corrected chi connectivity index (χ0v) is 7.62. The third-order valence-electron chi connectivity index (χ3n) is 1.09. The average molecular weight is 202 g/mol. The molecule has 2 heterocycles. The fraction of sp³-hybridized carbons (Fsp3) is 0.250. The first-order valence-electron chi connectivity index (χ1n) is 3.17. The molecular weight excluding hydrogens is 196 g/mol. The molecule has 1 aromatic rings. The highest BCUT2D eigenvalue weighted by Gasteiger charge is 2.05. The van der Waals surface area contributed by atoms with Gasteiger partial charge in [0.05, 0.1) is 22.0 Å². The predicted octanol–water partition coefficient (Wildman–Crippen LogP) is 0.144. The van der Waals surface area contributed by atoms with Crippen LogP contribution in [0, 0.1) is 0 Å². The summed E-state index contributed by atoms with van der Waals surface area (Å²) in [6.07, 6.45) is 4.87. The third kappa shape index (κ3) is 1.90. The summed E-state index contributed by atoms with van der Waals surface area (Å²) in [5.74, 6) is 0. The Morgan fingerprint density at radius 2 is 2.42 bits per heavy atom. The first-order chi connectivity index (χ1) is 5.95. The Hall–Kier alpha value is -0.730. The molecule has 0 radical (unpaired) electrons. The van der Waals surface area contributed by atoms with Crippen LogP contribution in [0.5, 0.6) is 0 Å². The molecule has 8 heteroatoms. The van der Waals surface area contributed by atoms with Crippen molar-refractivity contribution in [3.63, 3.8) is 0 Å². The average Bonchev–Trinajstić information content (AvgIpc) is 2.74. The summed E-state index contributed by atoms with van der Waals surface area (Å²) < 4.78 is 3.48. The summed E-state index contributed by atoms with van der Waals surface area (Å²) in [5, 5.41) is 3.93. The monoisotopic (exact) mass is 202 g/mol. The van der Waals surface area contributed by atoms with Crippen molar-refractivity contribution < 1.29 is 0 Å². The van der Waals surface area contributed by atoms with Crippen LogP contribution in [0.2, 0.25) is 0 Å². The minimum atomic E-state index is 0.644. The standard InChI is InChI=1S/C4H6N6S2/c1-5-3-9(7-1)11-12-10-4-6-2-8-10/h1,3-4,8H,2H2. The largest absolute Gasteiger partial charge is 0.256 e. The molecule has 0 saturated carbocycles. The van der Waals surface area contributed by atoms with Crippen LogP contribution in [0.25, 0.3) is 0 Å². The van der Waals surface area contributed by atoms with Crippen molar-refractivity contribution in [3.05, 3.63) is 12.7 Å². The number of hydrogen-bond acceptors (Lipinski definition) is 7. The summed E-state index contributed by atoms with van der Waals surface area (Å²) >= 11 is 0. The maximum absolute atomic E-state index is 3.98. The summed E-state index contributed by atoms with van der Waals surface area (Å²) in [5.41, 5.74) is 3.01. The second-order valence-electron chi connectivity index (χ2n) is 1.89. The first-order valence-corrected chi connectivity index (χ1v) is 5.24. The van der Waals surface area contributed by atoms with Gasteiger partial charge in [0.1, 0.15) is 25.7 Å². The fourth-order valence-corrected chi connectivity index (χ4v) is 2.07. The second kappa shape index (κ2) is 3.78. The van der Waals surface area contributed by atoms with Gasteiger partial charge in [0, 0.05) is 0 Å². The number of aromatic nitrogens is 3. The van der Waals surface area contributed by atoms with E-state index in [0.717, 1.165) is 0 Å². The highest BCUT2D eigenvalue weighted by atomic mass is 33.1. The lowest BCUT2D eigenvalue weighted by Gasteiger charge is -2.09. The molecule has 12 heavy (non-hydrogen) atoms. The summed E-state index contributed by atoms with van der Waals surface area (Å²) in [6, 6.07) is 0. The normalized spacial score (nSPS) is 15.8. The molecule has 2 rings (SSSR count). The molecule has 1 aliphatic rings. The maximum atomic E-state index is 3.98. The molecule has 1 aliphatic heterocycles. The Labute approximate surface area is 77.1 Å². The molecule has 0 spiro atoms. The summed E-state index contributed by atoms with van der Waals surface area (Å²) in [6.45, 7) is 0.644. The van der Waals surface area contributed by atoms with Gasteiger partial charge in [-0.25, -0.2) is 14.8 Å². The lowest BCUT2D eigenvalue weighted by atomic mass is 11.2. The lowest BCUT2D eigenvalue weighted by Crippen LogP contribution is -2.23.